The fraction of sp³-hybridized carbons (Fsp3) is 0.333. The maximum atomic E-state index is 9.18. The molecule has 1 aromatic rings. The SMILES string of the molecule is COc1ccc(O)cc1C(N)CO. The van der Waals surface area contributed by atoms with Crippen LogP contribution in [0.15, 0.2) is 18.2 Å². The first-order chi connectivity index (χ1) is 6.19. The van der Waals surface area contributed by atoms with Crippen LogP contribution in [0.25, 0.3) is 0 Å². The third-order valence-corrected chi connectivity index (χ3v) is 1.81. The minimum Gasteiger partial charge on any atom is -0.508 e. The highest BCUT2D eigenvalue weighted by atomic mass is 16.5. The topological polar surface area (TPSA) is 75.7 Å². The van der Waals surface area contributed by atoms with E-state index in [1.165, 1.54) is 19.2 Å². The monoisotopic (exact) mass is 183 g/mol. The van der Waals surface area contributed by atoms with Gasteiger partial charge in [0.1, 0.15) is 11.5 Å². The second kappa shape index (κ2) is 4.11. The average molecular weight is 183 g/mol. The summed E-state index contributed by atoms with van der Waals surface area (Å²) in [7, 11) is 1.51. The first kappa shape index (κ1) is 9.83. The van der Waals surface area contributed by atoms with Crippen molar-refractivity contribution in [2.45, 2.75) is 6.04 Å². The Kier molecular flexibility index (Phi) is 3.11. The molecular weight excluding hydrogens is 170 g/mol. The molecule has 0 amide bonds. The highest BCUT2D eigenvalue weighted by molar-refractivity contribution is 5.41. The van der Waals surface area contributed by atoms with Crippen molar-refractivity contribution in [3.05, 3.63) is 23.8 Å². The van der Waals surface area contributed by atoms with E-state index in [2.05, 4.69) is 0 Å². The first-order valence-electron chi connectivity index (χ1n) is 3.92. The van der Waals surface area contributed by atoms with Crippen LogP contribution in [0, 0.1) is 0 Å². The zero-order valence-electron chi connectivity index (χ0n) is 7.40. The quantitative estimate of drug-likeness (QED) is 0.633. The summed E-state index contributed by atoms with van der Waals surface area (Å²) in [6.45, 7) is -0.181. The summed E-state index contributed by atoms with van der Waals surface area (Å²) in [5, 5.41) is 18.0. The number of hydrogen-bond acceptors (Lipinski definition) is 4. The molecule has 0 radical (unpaired) electrons. The summed E-state index contributed by atoms with van der Waals surface area (Å²) in [4.78, 5) is 0. The maximum Gasteiger partial charge on any atom is 0.123 e. The van der Waals surface area contributed by atoms with Crippen molar-refractivity contribution >= 4 is 0 Å². The van der Waals surface area contributed by atoms with Crippen LogP contribution in [0.4, 0.5) is 0 Å². The Labute approximate surface area is 76.6 Å². The van der Waals surface area contributed by atoms with E-state index in [-0.39, 0.29) is 12.4 Å². The number of phenols is 1. The molecule has 1 aromatic carbocycles. The van der Waals surface area contributed by atoms with Crippen LogP contribution in [0.3, 0.4) is 0 Å². The first-order valence-corrected chi connectivity index (χ1v) is 3.92. The molecule has 0 fully saturated rings. The number of benzene rings is 1. The molecule has 0 saturated carbocycles. The largest absolute Gasteiger partial charge is 0.508 e. The van der Waals surface area contributed by atoms with Crippen LogP contribution in [-0.2, 0) is 0 Å². The minimum atomic E-state index is -0.526. The molecule has 1 atom stereocenters. The number of methoxy groups -OCH3 is 1. The van der Waals surface area contributed by atoms with Crippen LogP contribution in [0.5, 0.6) is 11.5 Å². The van der Waals surface area contributed by atoms with Gasteiger partial charge in [0.05, 0.1) is 19.8 Å². The van der Waals surface area contributed by atoms with Gasteiger partial charge in [0.25, 0.3) is 0 Å². The van der Waals surface area contributed by atoms with Gasteiger partial charge in [-0.3, -0.25) is 0 Å². The molecule has 0 aromatic heterocycles. The highest BCUT2D eigenvalue weighted by Gasteiger charge is 2.11. The number of aliphatic hydroxyl groups is 1. The zero-order valence-corrected chi connectivity index (χ0v) is 7.40. The van der Waals surface area contributed by atoms with Crippen molar-refractivity contribution in [1.82, 2.24) is 0 Å². The molecule has 1 unspecified atom stereocenters. The van der Waals surface area contributed by atoms with Crippen LogP contribution < -0.4 is 10.5 Å². The molecule has 0 aliphatic carbocycles. The Morgan fingerprint density at radius 2 is 2.23 bits per heavy atom. The number of nitrogens with two attached hydrogens (primary N) is 1. The van der Waals surface area contributed by atoms with Gasteiger partial charge in [0.15, 0.2) is 0 Å². The lowest BCUT2D eigenvalue weighted by molar-refractivity contribution is 0.264. The fourth-order valence-corrected chi connectivity index (χ4v) is 1.11. The van der Waals surface area contributed by atoms with Gasteiger partial charge in [-0.2, -0.15) is 0 Å². The number of aliphatic hydroxyl groups excluding tert-OH is 1. The van der Waals surface area contributed by atoms with E-state index in [9.17, 15) is 5.11 Å². The Balaban J connectivity index is 3.07. The van der Waals surface area contributed by atoms with Crippen molar-refractivity contribution in [2.75, 3.05) is 13.7 Å². The molecule has 4 heteroatoms. The Morgan fingerprint density at radius 3 is 2.77 bits per heavy atom. The third-order valence-electron chi connectivity index (χ3n) is 1.81. The maximum absolute atomic E-state index is 9.18. The van der Waals surface area contributed by atoms with Gasteiger partial charge >= 0.3 is 0 Å². The number of aromatic hydroxyl groups is 1. The van der Waals surface area contributed by atoms with Crippen LogP contribution >= 0.6 is 0 Å². The molecule has 0 heterocycles. The molecule has 0 bridgehead atoms. The molecular formula is C9H13NO3. The molecule has 72 valence electrons. The molecule has 4 nitrogen and oxygen atoms in total. The Hall–Kier alpha value is -1.26. The molecule has 0 spiro atoms. The summed E-state index contributed by atoms with van der Waals surface area (Å²) in [5.41, 5.74) is 6.20. The van der Waals surface area contributed by atoms with Crippen LogP contribution in [-0.4, -0.2) is 23.9 Å². The van der Waals surface area contributed by atoms with E-state index in [1.807, 2.05) is 0 Å². The summed E-state index contributed by atoms with van der Waals surface area (Å²) in [6, 6.07) is 4.08. The second-order valence-corrected chi connectivity index (χ2v) is 2.72. The summed E-state index contributed by atoms with van der Waals surface area (Å²) >= 11 is 0. The average Bonchev–Trinajstić information content (AvgIpc) is 2.16. The summed E-state index contributed by atoms with van der Waals surface area (Å²) < 4.78 is 5.02. The van der Waals surface area contributed by atoms with Crippen molar-refractivity contribution in [2.24, 2.45) is 5.73 Å². The zero-order chi connectivity index (χ0) is 9.84. The van der Waals surface area contributed by atoms with Crippen molar-refractivity contribution in [3.8, 4) is 11.5 Å². The molecule has 1 rings (SSSR count). The summed E-state index contributed by atoms with van der Waals surface area (Å²) in [5.74, 6) is 0.680. The van der Waals surface area contributed by atoms with Crippen LogP contribution in [0.2, 0.25) is 0 Å². The van der Waals surface area contributed by atoms with E-state index >= 15 is 0 Å². The number of ether oxygens (including phenoxy) is 1. The third kappa shape index (κ3) is 2.11. The van der Waals surface area contributed by atoms with E-state index in [1.54, 1.807) is 6.07 Å². The van der Waals surface area contributed by atoms with E-state index in [0.29, 0.717) is 11.3 Å². The van der Waals surface area contributed by atoms with Crippen molar-refractivity contribution in [1.29, 1.82) is 0 Å². The smallest absolute Gasteiger partial charge is 0.123 e. The van der Waals surface area contributed by atoms with Crippen molar-refractivity contribution < 1.29 is 14.9 Å². The van der Waals surface area contributed by atoms with E-state index < -0.39 is 6.04 Å². The van der Waals surface area contributed by atoms with Gasteiger partial charge in [-0.05, 0) is 18.2 Å². The van der Waals surface area contributed by atoms with E-state index in [4.69, 9.17) is 15.6 Å². The van der Waals surface area contributed by atoms with Gasteiger partial charge in [-0.15, -0.1) is 0 Å². The van der Waals surface area contributed by atoms with E-state index in [0.717, 1.165) is 0 Å². The lowest BCUT2D eigenvalue weighted by Crippen LogP contribution is -2.15. The number of phenolic OH excluding ortho intramolecular Hbond substituents is 1. The number of hydrogen-bond donors (Lipinski definition) is 3. The normalized spacial score (nSPS) is 12.5. The fourth-order valence-electron chi connectivity index (χ4n) is 1.11. The van der Waals surface area contributed by atoms with Gasteiger partial charge in [-0.1, -0.05) is 0 Å². The van der Waals surface area contributed by atoms with Crippen molar-refractivity contribution in [3.63, 3.8) is 0 Å². The Morgan fingerprint density at radius 1 is 1.54 bits per heavy atom. The molecule has 0 aliphatic rings. The predicted octanol–water partition coefficient (Wildman–Crippen LogP) is 0.393. The lowest BCUT2D eigenvalue weighted by Gasteiger charge is -2.13. The standard InChI is InChI=1S/C9H13NO3/c1-13-9-3-2-6(12)4-7(9)8(10)5-11/h2-4,8,11-12H,5,10H2,1H3. The second-order valence-electron chi connectivity index (χ2n) is 2.72. The molecule has 0 aliphatic heterocycles. The highest BCUT2D eigenvalue weighted by Crippen LogP contribution is 2.27. The van der Waals surface area contributed by atoms with Crippen LogP contribution in [0.1, 0.15) is 11.6 Å². The summed E-state index contributed by atoms with van der Waals surface area (Å²) in [6.07, 6.45) is 0. The van der Waals surface area contributed by atoms with Gasteiger partial charge in [0, 0.05) is 5.56 Å². The van der Waals surface area contributed by atoms with Gasteiger partial charge in [0.2, 0.25) is 0 Å². The lowest BCUT2D eigenvalue weighted by atomic mass is 10.1. The van der Waals surface area contributed by atoms with Gasteiger partial charge in [-0.25, -0.2) is 0 Å². The minimum absolute atomic E-state index is 0.111. The molecule has 13 heavy (non-hydrogen) atoms. The number of rotatable bonds is 3. The predicted molar refractivity (Wildman–Crippen MR) is 48.7 cm³/mol. The van der Waals surface area contributed by atoms with Gasteiger partial charge < -0.3 is 20.7 Å². The molecule has 0 saturated heterocycles. The molecule has 4 N–H and O–H groups in total. The Bertz CT molecular complexity index is 288.